The number of hydrogen-bond acceptors (Lipinski definition) is 5. The van der Waals surface area contributed by atoms with Gasteiger partial charge in [0.1, 0.15) is 4.88 Å². The van der Waals surface area contributed by atoms with Crippen LogP contribution in [0.15, 0.2) is 16.8 Å². The van der Waals surface area contributed by atoms with Gasteiger partial charge in [-0.05, 0) is 18.4 Å². The fourth-order valence-corrected chi connectivity index (χ4v) is 2.47. The van der Waals surface area contributed by atoms with E-state index in [1.165, 1.54) is 22.7 Å². The molecule has 6 heteroatoms. The molecule has 0 bridgehead atoms. The molecule has 2 aromatic rings. The SMILES string of the molecule is Cc1csc(NC(=O)c2sccc2N)n1. The van der Waals surface area contributed by atoms with E-state index in [0.717, 1.165) is 5.69 Å². The smallest absolute Gasteiger partial charge is 0.269 e. The fourth-order valence-electron chi connectivity index (χ4n) is 1.07. The Morgan fingerprint density at radius 2 is 2.33 bits per heavy atom. The van der Waals surface area contributed by atoms with Crippen LogP contribution in [0.3, 0.4) is 0 Å². The van der Waals surface area contributed by atoms with E-state index >= 15 is 0 Å². The van der Waals surface area contributed by atoms with Crippen LogP contribution in [0.4, 0.5) is 10.8 Å². The molecule has 0 saturated carbocycles. The van der Waals surface area contributed by atoms with Crippen molar-refractivity contribution in [2.45, 2.75) is 6.92 Å². The van der Waals surface area contributed by atoms with Crippen LogP contribution in [0.2, 0.25) is 0 Å². The molecule has 0 aliphatic rings. The molecule has 0 atom stereocenters. The number of nitrogen functional groups attached to an aromatic ring is 1. The Bertz CT molecular complexity index is 489. The molecule has 78 valence electrons. The van der Waals surface area contributed by atoms with Gasteiger partial charge in [0, 0.05) is 5.38 Å². The average Bonchev–Trinajstić information content (AvgIpc) is 2.75. The van der Waals surface area contributed by atoms with Crippen LogP contribution in [0, 0.1) is 6.92 Å². The molecule has 0 unspecified atom stereocenters. The molecule has 0 aromatic carbocycles. The van der Waals surface area contributed by atoms with Crippen LogP contribution < -0.4 is 11.1 Å². The first-order valence-corrected chi connectivity index (χ1v) is 5.99. The maximum Gasteiger partial charge on any atom is 0.269 e. The molecule has 2 aromatic heterocycles. The zero-order valence-electron chi connectivity index (χ0n) is 7.98. The summed E-state index contributed by atoms with van der Waals surface area (Å²) in [6, 6.07) is 1.71. The monoisotopic (exact) mass is 239 g/mol. The van der Waals surface area contributed by atoms with Crippen LogP contribution in [-0.2, 0) is 0 Å². The number of hydrogen-bond donors (Lipinski definition) is 2. The minimum atomic E-state index is -0.197. The van der Waals surface area contributed by atoms with Gasteiger partial charge in [-0.1, -0.05) is 0 Å². The molecule has 3 N–H and O–H groups in total. The van der Waals surface area contributed by atoms with E-state index in [0.29, 0.717) is 15.7 Å². The third-order valence-electron chi connectivity index (χ3n) is 1.74. The zero-order chi connectivity index (χ0) is 10.8. The van der Waals surface area contributed by atoms with Gasteiger partial charge in [0.05, 0.1) is 11.4 Å². The lowest BCUT2D eigenvalue weighted by atomic mass is 10.4. The predicted octanol–water partition coefficient (Wildman–Crippen LogP) is 2.35. The van der Waals surface area contributed by atoms with Gasteiger partial charge >= 0.3 is 0 Å². The molecule has 0 aliphatic carbocycles. The third kappa shape index (κ3) is 2.16. The fraction of sp³-hybridized carbons (Fsp3) is 0.111. The topological polar surface area (TPSA) is 68.0 Å². The van der Waals surface area contributed by atoms with Gasteiger partial charge in [0.15, 0.2) is 5.13 Å². The Balaban J connectivity index is 2.14. The first-order chi connectivity index (χ1) is 7.16. The largest absolute Gasteiger partial charge is 0.397 e. The van der Waals surface area contributed by atoms with Crippen molar-refractivity contribution >= 4 is 39.4 Å². The summed E-state index contributed by atoms with van der Waals surface area (Å²) in [5.74, 6) is -0.197. The molecule has 0 radical (unpaired) electrons. The number of aromatic nitrogens is 1. The zero-order valence-corrected chi connectivity index (χ0v) is 9.61. The summed E-state index contributed by atoms with van der Waals surface area (Å²) in [6.45, 7) is 1.88. The van der Waals surface area contributed by atoms with Gasteiger partial charge in [-0.3, -0.25) is 10.1 Å². The molecule has 0 spiro atoms. The Morgan fingerprint density at radius 3 is 2.87 bits per heavy atom. The molecular formula is C9H9N3OS2. The van der Waals surface area contributed by atoms with E-state index in [4.69, 9.17) is 5.73 Å². The van der Waals surface area contributed by atoms with Crippen LogP contribution in [-0.4, -0.2) is 10.9 Å². The molecular weight excluding hydrogens is 230 g/mol. The quantitative estimate of drug-likeness (QED) is 0.845. The van der Waals surface area contributed by atoms with Crippen molar-refractivity contribution in [2.24, 2.45) is 0 Å². The second-order valence-corrected chi connectivity index (χ2v) is 4.73. The molecule has 0 fully saturated rings. The van der Waals surface area contributed by atoms with Crippen molar-refractivity contribution in [1.29, 1.82) is 0 Å². The predicted molar refractivity (Wildman–Crippen MR) is 63.5 cm³/mol. The number of nitrogens with zero attached hydrogens (tertiary/aromatic N) is 1. The van der Waals surface area contributed by atoms with E-state index in [1.54, 1.807) is 11.4 Å². The lowest BCUT2D eigenvalue weighted by Gasteiger charge is -1.99. The molecule has 1 amide bonds. The van der Waals surface area contributed by atoms with Crippen LogP contribution in [0.1, 0.15) is 15.4 Å². The number of carbonyl (C=O) groups is 1. The molecule has 15 heavy (non-hydrogen) atoms. The number of anilines is 2. The van der Waals surface area contributed by atoms with Gasteiger partial charge < -0.3 is 5.73 Å². The number of carbonyl (C=O) groups excluding carboxylic acids is 1. The van der Waals surface area contributed by atoms with Crippen LogP contribution >= 0.6 is 22.7 Å². The highest BCUT2D eigenvalue weighted by Gasteiger charge is 2.12. The minimum absolute atomic E-state index is 0.197. The van der Waals surface area contributed by atoms with Crippen molar-refractivity contribution in [3.05, 3.63) is 27.4 Å². The van der Waals surface area contributed by atoms with E-state index in [1.807, 2.05) is 12.3 Å². The van der Waals surface area contributed by atoms with E-state index < -0.39 is 0 Å². The van der Waals surface area contributed by atoms with Gasteiger partial charge in [0.2, 0.25) is 0 Å². The number of thiazole rings is 1. The number of nitrogens with one attached hydrogen (secondary N) is 1. The number of aryl methyl sites for hydroxylation is 1. The third-order valence-corrected chi connectivity index (χ3v) is 3.55. The van der Waals surface area contributed by atoms with Gasteiger partial charge in [-0.15, -0.1) is 22.7 Å². The number of amides is 1. The Labute approximate surface area is 94.8 Å². The summed E-state index contributed by atoms with van der Waals surface area (Å²) < 4.78 is 0. The number of rotatable bonds is 2. The van der Waals surface area contributed by atoms with Crippen molar-refractivity contribution in [2.75, 3.05) is 11.1 Å². The summed E-state index contributed by atoms with van der Waals surface area (Å²) in [6.07, 6.45) is 0. The van der Waals surface area contributed by atoms with Crippen molar-refractivity contribution in [1.82, 2.24) is 4.98 Å². The summed E-state index contributed by atoms with van der Waals surface area (Å²) in [5.41, 5.74) is 7.04. The Hall–Kier alpha value is -1.40. The summed E-state index contributed by atoms with van der Waals surface area (Å²) in [7, 11) is 0. The summed E-state index contributed by atoms with van der Waals surface area (Å²) >= 11 is 2.73. The molecule has 0 saturated heterocycles. The van der Waals surface area contributed by atoms with E-state index in [9.17, 15) is 4.79 Å². The summed E-state index contributed by atoms with van der Waals surface area (Å²) in [4.78, 5) is 16.4. The number of thiophene rings is 1. The van der Waals surface area contributed by atoms with E-state index in [2.05, 4.69) is 10.3 Å². The number of nitrogens with two attached hydrogens (primary N) is 1. The standard InChI is InChI=1S/C9H9N3OS2/c1-5-4-15-9(11-5)12-8(13)7-6(10)2-3-14-7/h2-4H,10H2,1H3,(H,11,12,13). The Morgan fingerprint density at radius 1 is 1.53 bits per heavy atom. The Kier molecular flexibility index (Phi) is 2.70. The van der Waals surface area contributed by atoms with E-state index in [-0.39, 0.29) is 5.91 Å². The van der Waals surface area contributed by atoms with Crippen molar-refractivity contribution in [3.8, 4) is 0 Å². The lowest BCUT2D eigenvalue weighted by Crippen LogP contribution is -2.11. The van der Waals surface area contributed by atoms with Crippen molar-refractivity contribution < 1.29 is 4.79 Å². The highest BCUT2D eigenvalue weighted by atomic mass is 32.1. The highest BCUT2D eigenvalue weighted by Crippen LogP contribution is 2.21. The highest BCUT2D eigenvalue weighted by molar-refractivity contribution is 7.14. The second kappa shape index (κ2) is 4.00. The maximum atomic E-state index is 11.7. The van der Waals surface area contributed by atoms with Gasteiger partial charge in [0.25, 0.3) is 5.91 Å². The molecule has 4 nitrogen and oxygen atoms in total. The molecule has 2 heterocycles. The van der Waals surface area contributed by atoms with Gasteiger partial charge in [-0.2, -0.15) is 0 Å². The van der Waals surface area contributed by atoms with Crippen LogP contribution in [0.25, 0.3) is 0 Å². The van der Waals surface area contributed by atoms with Gasteiger partial charge in [-0.25, -0.2) is 4.98 Å². The molecule has 0 aliphatic heterocycles. The van der Waals surface area contributed by atoms with Crippen molar-refractivity contribution in [3.63, 3.8) is 0 Å². The first-order valence-electron chi connectivity index (χ1n) is 4.23. The summed E-state index contributed by atoms with van der Waals surface area (Å²) in [5, 5.41) is 6.98. The molecule has 2 rings (SSSR count). The normalized spacial score (nSPS) is 10.2. The second-order valence-electron chi connectivity index (χ2n) is 2.95. The maximum absolute atomic E-state index is 11.7. The lowest BCUT2D eigenvalue weighted by molar-refractivity contribution is 0.103. The first kappa shape index (κ1) is 10.1. The average molecular weight is 239 g/mol. The van der Waals surface area contributed by atoms with Crippen LogP contribution in [0.5, 0.6) is 0 Å². The minimum Gasteiger partial charge on any atom is -0.397 e.